The molecule has 0 spiro atoms. The third kappa shape index (κ3) is 4.43. The molecule has 2 nitrogen and oxygen atoms in total. The van der Waals surface area contributed by atoms with Gasteiger partial charge in [-0.2, -0.15) is 0 Å². The molecule has 1 aromatic rings. The zero-order chi connectivity index (χ0) is 13.7. The van der Waals surface area contributed by atoms with Gasteiger partial charge in [0.15, 0.2) is 5.78 Å². The van der Waals surface area contributed by atoms with Gasteiger partial charge >= 0.3 is 0 Å². The van der Waals surface area contributed by atoms with Crippen molar-refractivity contribution in [1.29, 1.82) is 0 Å². The van der Waals surface area contributed by atoms with Crippen molar-refractivity contribution in [3.8, 4) is 0 Å². The molecule has 1 aliphatic heterocycles. The molecule has 1 fully saturated rings. The molecule has 1 unspecified atom stereocenters. The Morgan fingerprint density at radius 3 is 2.79 bits per heavy atom. The first-order valence-corrected chi connectivity index (χ1v) is 7.16. The van der Waals surface area contributed by atoms with E-state index in [9.17, 15) is 9.18 Å². The Hall–Kier alpha value is -1.22. The van der Waals surface area contributed by atoms with Crippen LogP contribution in [0.1, 0.15) is 31.7 Å². The molecule has 104 valence electrons. The van der Waals surface area contributed by atoms with Crippen molar-refractivity contribution in [2.75, 3.05) is 19.6 Å². The Balaban J connectivity index is 1.77. The van der Waals surface area contributed by atoms with Gasteiger partial charge in [-0.25, -0.2) is 4.39 Å². The smallest absolute Gasteiger partial charge is 0.151 e. The van der Waals surface area contributed by atoms with Gasteiger partial charge in [0.25, 0.3) is 0 Å². The maximum absolute atomic E-state index is 12.8. The molecular formula is C16H22FNO. The second-order valence-corrected chi connectivity index (χ2v) is 5.52. The lowest BCUT2D eigenvalue weighted by molar-refractivity contribution is -0.119. The van der Waals surface area contributed by atoms with Gasteiger partial charge in [-0.05, 0) is 43.0 Å². The lowest BCUT2D eigenvalue weighted by atomic mass is 10.0. The van der Waals surface area contributed by atoms with Gasteiger partial charge in [-0.15, -0.1) is 0 Å². The summed E-state index contributed by atoms with van der Waals surface area (Å²) in [6.07, 6.45) is 4.12. The number of halogens is 1. The summed E-state index contributed by atoms with van der Waals surface area (Å²) >= 11 is 0. The van der Waals surface area contributed by atoms with Crippen LogP contribution in [0.15, 0.2) is 24.3 Å². The highest BCUT2D eigenvalue weighted by Crippen LogP contribution is 2.20. The zero-order valence-corrected chi connectivity index (χ0v) is 11.6. The summed E-state index contributed by atoms with van der Waals surface area (Å²) in [6.45, 7) is 4.85. The third-order valence-corrected chi connectivity index (χ3v) is 3.78. The van der Waals surface area contributed by atoms with Gasteiger partial charge in [0.1, 0.15) is 5.82 Å². The van der Waals surface area contributed by atoms with E-state index in [4.69, 9.17) is 0 Å². The van der Waals surface area contributed by atoms with Gasteiger partial charge in [-0.1, -0.05) is 25.5 Å². The number of benzene rings is 1. The number of carbonyl (C=O) groups is 1. The summed E-state index contributed by atoms with van der Waals surface area (Å²) in [5.41, 5.74) is 0.899. The lowest BCUT2D eigenvalue weighted by Crippen LogP contribution is -2.28. The molecule has 1 heterocycles. The summed E-state index contributed by atoms with van der Waals surface area (Å²) in [7, 11) is 0. The SMILES string of the molecule is CCCC1CCN(CC(=O)Cc2ccc(F)cc2)C1. The molecule has 1 atom stereocenters. The first kappa shape index (κ1) is 14.2. The lowest BCUT2D eigenvalue weighted by Gasteiger charge is -2.14. The monoisotopic (exact) mass is 263 g/mol. The summed E-state index contributed by atoms with van der Waals surface area (Å²) < 4.78 is 12.8. The van der Waals surface area contributed by atoms with Crippen LogP contribution in [0, 0.1) is 11.7 Å². The summed E-state index contributed by atoms with van der Waals surface area (Å²) in [5, 5.41) is 0. The molecule has 3 heteroatoms. The van der Waals surface area contributed by atoms with Crippen LogP contribution in [-0.2, 0) is 11.2 Å². The number of carbonyl (C=O) groups excluding carboxylic acids is 1. The van der Waals surface area contributed by atoms with E-state index in [1.54, 1.807) is 12.1 Å². The Bertz CT molecular complexity index is 415. The molecule has 19 heavy (non-hydrogen) atoms. The Kier molecular flexibility index (Phi) is 5.08. The van der Waals surface area contributed by atoms with Crippen molar-refractivity contribution >= 4 is 5.78 Å². The molecule has 0 bridgehead atoms. The van der Waals surface area contributed by atoms with E-state index >= 15 is 0 Å². The van der Waals surface area contributed by atoms with E-state index in [2.05, 4.69) is 11.8 Å². The first-order valence-electron chi connectivity index (χ1n) is 7.16. The molecular weight excluding hydrogens is 241 g/mol. The van der Waals surface area contributed by atoms with Crippen LogP contribution in [0.2, 0.25) is 0 Å². The maximum Gasteiger partial charge on any atom is 0.151 e. The van der Waals surface area contributed by atoms with Crippen LogP contribution in [0.3, 0.4) is 0 Å². The molecule has 0 amide bonds. The molecule has 1 saturated heterocycles. The number of ketones is 1. The summed E-state index contributed by atoms with van der Waals surface area (Å²) in [5.74, 6) is 0.741. The van der Waals surface area contributed by atoms with Crippen LogP contribution in [0.5, 0.6) is 0 Å². The number of nitrogens with zero attached hydrogens (tertiary/aromatic N) is 1. The molecule has 0 aliphatic carbocycles. The van der Waals surface area contributed by atoms with Crippen molar-refractivity contribution in [2.24, 2.45) is 5.92 Å². The van der Waals surface area contributed by atoms with Gasteiger partial charge in [0, 0.05) is 13.0 Å². The number of Topliss-reactive ketones (excluding diaryl/α,β-unsaturated/α-hetero) is 1. The number of rotatable bonds is 6. The Morgan fingerprint density at radius 1 is 1.37 bits per heavy atom. The van der Waals surface area contributed by atoms with Crippen LogP contribution < -0.4 is 0 Å². The molecule has 0 radical (unpaired) electrons. The average Bonchev–Trinajstić information content (AvgIpc) is 2.80. The minimum Gasteiger partial charge on any atom is -0.298 e. The minimum absolute atomic E-state index is 0.226. The van der Waals surface area contributed by atoms with E-state index in [-0.39, 0.29) is 11.6 Å². The fourth-order valence-corrected chi connectivity index (χ4v) is 2.84. The molecule has 1 aliphatic rings. The second-order valence-electron chi connectivity index (χ2n) is 5.52. The zero-order valence-electron chi connectivity index (χ0n) is 11.6. The first-order chi connectivity index (χ1) is 9.17. The van der Waals surface area contributed by atoms with Gasteiger partial charge < -0.3 is 0 Å². The summed E-state index contributed by atoms with van der Waals surface area (Å²) in [6, 6.07) is 6.21. The summed E-state index contributed by atoms with van der Waals surface area (Å²) in [4.78, 5) is 14.2. The normalized spacial score (nSPS) is 19.8. The van der Waals surface area contributed by atoms with Crippen molar-refractivity contribution in [1.82, 2.24) is 4.90 Å². The van der Waals surface area contributed by atoms with Crippen molar-refractivity contribution in [2.45, 2.75) is 32.6 Å². The number of likely N-dealkylation sites (tertiary alicyclic amines) is 1. The van der Waals surface area contributed by atoms with Crippen LogP contribution in [0.25, 0.3) is 0 Å². The molecule has 0 aromatic heterocycles. The second kappa shape index (κ2) is 6.80. The van der Waals surface area contributed by atoms with Crippen molar-refractivity contribution < 1.29 is 9.18 Å². The van der Waals surface area contributed by atoms with E-state index < -0.39 is 0 Å². The molecule has 1 aromatic carbocycles. The van der Waals surface area contributed by atoms with E-state index in [0.717, 1.165) is 24.6 Å². The largest absolute Gasteiger partial charge is 0.298 e. The minimum atomic E-state index is -0.252. The molecule has 2 rings (SSSR count). The van der Waals surface area contributed by atoms with E-state index in [1.165, 1.54) is 31.4 Å². The topological polar surface area (TPSA) is 20.3 Å². The van der Waals surface area contributed by atoms with E-state index in [0.29, 0.717) is 13.0 Å². The Morgan fingerprint density at radius 2 is 2.11 bits per heavy atom. The third-order valence-electron chi connectivity index (χ3n) is 3.78. The van der Waals surface area contributed by atoms with Gasteiger partial charge in [0.2, 0.25) is 0 Å². The number of hydrogen-bond donors (Lipinski definition) is 0. The van der Waals surface area contributed by atoms with Gasteiger partial charge in [0.05, 0.1) is 6.54 Å². The predicted molar refractivity (Wildman–Crippen MR) is 74.6 cm³/mol. The number of hydrogen-bond acceptors (Lipinski definition) is 2. The van der Waals surface area contributed by atoms with Crippen molar-refractivity contribution in [3.05, 3.63) is 35.6 Å². The molecule has 0 saturated carbocycles. The predicted octanol–water partition coefficient (Wildman–Crippen LogP) is 3.06. The van der Waals surface area contributed by atoms with Crippen LogP contribution in [-0.4, -0.2) is 30.3 Å². The standard InChI is InChI=1S/C16H22FNO/c1-2-3-14-8-9-18(11-14)12-16(19)10-13-4-6-15(17)7-5-13/h4-7,14H,2-3,8-12H2,1H3. The van der Waals surface area contributed by atoms with Crippen LogP contribution in [0.4, 0.5) is 4.39 Å². The fraction of sp³-hybridized carbons (Fsp3) is 0.562. The highest BCUT2D eigenvalue weighted by atomic mass is 19.1. The maximum atomic E-state index is 12.8. The fourth-order valence-electron chi connectivity index (χ4n) is 2.84. The van der Waals surface area contributed by atoms with Gasteiger partial charge in [-0.3, -0.25) is 9.69 Å². The highest BCUT2D eigenvalue weighted by molar-refractivity contribution is 5.82. The quantitative estimate of drug-likeness (QED) is 0.786. The highest BCUT2D eigenvalue weighted by Gasteiger charge is 2.23. The molecule has 0 N–H and O–H groups in total. The van der Waals surface area contributed by atoms with Crippen LogP contribution >= 0.6 is 0 Å². The van der Waals surface area contributed by atoms with Crippen molar-refractivity contribution in [3.63, 3.8) is 0 Å². The average molecular weight is 263 g/mol. The Labute approximate surface area is 114 Å². The van der Waals surface area contributed by atoms with E-state index in [1.807, 2.05) is 0 Å².